The number of hydrogen-bond acceptors (Lipinski definition) is 3. The van der Waals surface area contributed by atoms with Gasteiger partial charge >= 0.3 is 6.09 Å². The molecule has 1 aromatic carbocycles. The molecule has 1 aromatic rings. The monoisotopic (exact) mass is 372 g/mol. The molecule has 0 radical (unpaired) electrons. The summed E-state index contributed by atoms with van der Waals surface area (Å²) < 4.78 is 5.56. The third-order valence-corrected chi connectivity index (χ3v) is 5.64. The second-order valence-electron chi connectivity index (χ2n) is 8.99. The van der Waals surface area contributed by atoms with E-state index in [9.17, 15) is 9.59 Å². The van der Waals surface area contributed by atoms with Crippen LogP contribution in [0.5, 0.6) is 0 Å². The standard InChI is InChI=1S/C22H32N2O3/c1-22(2,3)23-20(25)19-13-17-11-7-8-12-18(17)14-24(19)21(26)27-15-16-9-5-4-6-10-16/h4-6,9-10,17-19H,7-8,11-15H2,1-3H3,(H,23,25)/t17?,18?,19-/m0/s1. The van der Waals surface area contributed by atoms with Crippen molar-refractivity contribution in [1.82, 2.24) is 10.2 Å². The van der Waals surface area contributed by atoms with E-state index < -0.39 is 6.04 Å². The lowest BCUT2D eigenvalue weighted by Gasteiger charge is -2.45. The summed E-state index contributed by atoms with van der Waals surface area (Å²) in [5, 5.41) is 3.05. The lowest BCUT2D eigenvalue weighted by Crippen LogP contribution is -2.59. The molecule has 1 heterocycles. The molecule has 2 fully saturated rings. The molecule has 1 aliphatic heterocycles. The second-order valence-corrected chi connectivity index (χ2v) is 8.99. The quantitative estimate of drug-likeness (QED) is 0.868. The minimum absolute atomic E-state index is 0.0665. The average Bonchev–Trinajstić information content (AvgIpc) is 2.64. The molecule has 2 aliphatic rings. The number of rotatable bonds is 3. The zero-order chi connectivity index (χ0) is 19.4. The third-order valence-electron chi connectivity index (χ3n) is 5.64. The fourth-order valence-electron chi connectivity index (χ4n) is 4.33. The van der Waals surface area contributed by atoms with Crippen LogP contribution >= 0.6 is 0 Å². The van der Waals surface area contributed by atoms with Crippen LogP contribution in [-0.2, 0) is 16.1 Å². The van der Waals surface area contributed by atoms with Crippen LogP contribution in [0.1, 0.15) is 58.4 Å². The van der Waals surface area contributed by atoms with Crippen LogP contribution in [0.4, 0.5) is 4.79 Å². The Hall–Kier alpha value is -2.04. The maximum atomic E-state index is 12.9. The largest absolute Gasteiger partial charge is 0.445 e. The van der Waals surface area contributed by atoms with E-state index in [4.69, 9.17) is 4.74 Å². The van der Waals surface area contributed by atoms with Crippen molar-refractivity contribution < 1.29 is 14.3 Å². The van der Waals surface area contributed by atoms with Crippen LogP contribution < -0.4 is 5.32 Å². The number of carbonyl (C=O) groups excluding carboxylic acids is 2. The lowest BCUT2D eigenvalue weighted by molar-refractivity contribution is -0.130. The number of likely N-dealkylation sites (tertiary alicyclic amines) is 1. The molecule has 148 valence electrons. The normalized spacial score (nSPS) is 25.4. The summed E-state index contributed by atoms with van der Waals surface area (Å²) in [5.41, 5.74) is 0.634. The summed E-state index contributed by atoms with van der Waals surface area (Å²) in [6.45, 7) is 6.76. The van der Waals surface area contributed by atoms with E-state index in [1.54, 1.807) is 4.90 Å². The molecular weight excluding hydrogens is 340 g/mol. The summed E-state index contributed by atoms with van der Waals surface area (Å²) in [5.74, 6) is 0.956. The van der Waals surface area contributed by atoms with Gasteiger partial charge < -0.3 is 10.1 Å². The molecule has 1 saturated heterocycles. The highest BCUT2D eigenvalue weighted by atomic mass is 16.6. The highest BCUT2D eigenvalue weighted by Gasteiger charge is 2.43. The Morgan fingerprint density at radius 3 is 2.44 bits per heavy atom. The predicted molar refractivity (Wildman–Crippen MR) is 105 cm³/mol. The maximum Gasteiger partial charge on any atom is 0.410 e. The second kappa shape index (κ2) is 8.32. The maximum absolute atomic E-state index is 12.9. The van der Waals surface area contributed by atoms with Gasteiger partial charge in [0.1, 0.15) is 12.6 Å². The molecule has 1 N–H and O–H groups in total. The number of benzene rings is 1. The first-order valence-corrected chi connectivity index (χ1v) is 10.1. The highest BCUT2D eigenvalue weighted by molar-refractivity contribution is 5.86. The Bertz CT molecular complexity index is 653. The number of nitrogens with one attached hydrogen (secondary N) is 1. The van der Waals surface area contributed by atoms with Gasteiger partial charge in [-0.2, -0.15) is 0 Å². The summed E-state index contributed by atoms with van der Waals surface area (Å²) in [6.07, 6.45) is 5.11. The molecule has 27 heavy (non-hydrogen) atoms. The Labute approximate surface area is 162 Å². The summed E-state index contributed by atoms with van der Waals surface area (Å²) >= 11 is 0. The number of fused-ring (bicyclic) bond motifs is 1. The number of piperidine rings is 1. The Kier molecular flexibility index (Phi) is 6.08. The topological polar surface area (TPSA) is 58.6 Å². The van der Waals surface area contributed by atoms with Gasteiger partial charge in [-0.05, 0) is 51.0 Å². The van der Waals surface area contributed by atoms with E-state index in [1.165, 1.54) is 12.8 Å². The van der Waals surface area contributed by atoms with Crippen LogP contribution in [-0.4, -0.2) is 35.0 Å². The van der Waals surface area contributed by atoms with Crippen molar-refractivity contribution in [3.8, 4) is 0 Å². The molecule has 1 saturated carbocycles. The Morgan fingerprint density at radius 1 is 1.11 bits per heavy atom. The molecule has 3 atom stereocenters. The Balaban J connectivity index is 1.71. The zero-order valence-electron chi connectivity index (χ0n) is 16.7. The fraction of sp³-hybridized carbons (Fsp3) is 0.636. The van der Waals surface area contributed by atoms with Crippen molar-refractivity contribution in [3.05, 3.63) is 35.9 Å². The van der Waals surface area contributed by atoms with Crippen molar-refractivity contribution in [3.63, 3.8) is 0 Å². The van der Waals surface area contributed by atoms with E-state index in [-0.39, 0.29) is 24.1 Å². The number of ether oxygens (including phenoxy) is 1. The summed E-state index contributed by atoms with van der Waals surface area (Å²) in [4.78, 5) is 27.4. The van der Waals surface area contributed by atoms with Crippen molar-refractivity contribution in [2.75, 3.05) is 6.54 Å². The lowest BCUT2D eigenvalue weighted by atomic mass is 9.73. The number of amides is 2. The SMILES string of the molecule is CC(C)(C)NC(=O)[C@@H]1CC2CCCCC2CN1C(=O)OCc1ccccc1. The summed E-state index contributed by atoms with van der Waals surface area (Å²) in [6, 6.07) is 9.22. The third kappa shape index (κ3) is 5.24. The minimum atomic E-state index is -0.438. The van der Waals surface area contributed by atoms with Gasteiger partial charge in [0.05, 0.1) is 0 Å². The fourth-order valence-corrected chi connectivity index (χ4v) is 4.33. The molecule has 5 nitrogen and oxygen atoms in total. The van der Waals surface area contributed by atoms with E-state index >= 15 is 0 Å². The van der Waals surface area contributed by atoms with Crippen LogP contribution in [0.3, 0.4) is 0 Å². The molecule has 5 heteroatoms. The van der Waals surface area contributed by atoms with E-state index in [0.29, 0.717) is 18.4 Å². The molecule has 3 rings (SSSR count). The van der Waals surface area contributed by atoms with Gasteiger partial charge in [-0.3, -0.25) is 9.69 Å². The number of hydrogen-bond donors (Lipinski definition) is 1. The summed E-state index contributed by atoms with van der Waals surface area (Å²) in [7, 11) is 0. The Morgan fingerprint density at radius 2 is 1.78 bits per heavy atom. The molecule has 0 aromatic heterocycles. The van der Waals surface area contributed by atoms with Gasteiger partial charge in [0.15, 0.2) is 0 Å². The van der Waals surface area contributed by atoms with Crippen molar-refractivity contribution in [1.29, 1.82) is 0 Å². The van der Waals surface area contributed by atoms with E-state index in [1.807, 2.05) is 51.1 Å². The first-order valence-electron chi connectivity index (χ1n) is 10.1. The van der Waals surface area contributed by atoms with Gasteiger partial charge in [0.25, 0.3) is 0 Å². The predicted octanol–water partition coefficient (Wildman–Crippen LogP) is 4.12. The van der Waals surface area contributed by atoms with Crippen LogP contribution in [0.2, 0.25) is 0 Å². The van der Waals surface area contributed by atoms with Gasteiger partial charge in [0, 0.05) is 12.1 Å². The van der Waals surface area contributed by atoms with Gasteiger partial charge in [0.2, 0.25) is 5.91 Å². The molecule has 2 unspecified atom stereocenters. The van der Waals surface area contributed by atoms with Crippen molar-refractivity contribution in [2.24, 2.45) is 11.8 Å². The van der Waals surface area contributed by atoms with Gasteiger partial charge in [-0.15, -0.1) is 0 Å². The van der Waals surface area contributed by atoms with E-state index in [2.05, 4.69) is 5.32 Å². The van der Waals surface area contributed by atoms with Crippen LogP contribution in [0.15, 0.2) is 30.3 Å². The molecule has 2 amide bonds. The molecule has 1 aliphatic carbocycles. The first kappa shape index (κ1) is 19.7. The van der Waals surface area contributed by atoms with E-state index in [0.717, 1.165) is 24.8 Å². The van der Waals surface area contributed by atoms with Gasteiger partial charge in [-0.25, -0.2) is 4.79 Å². The molecular formula is C22H32N2O3. The van der Waals surface area contributed by atoms with Crippen molar-refractivity contribution >= 4 is 12.0 Å². The minimum Gasteiger partial charge on any atom is -0.445 e. The number of nitrogens with zero attached hydrogens (tertiary/aromatic N) is 1. The first-order chi connectivity index (χ1) is 12.8. The molecule has 0 spiro atoms. The number of carbonyl (C=O) groups is 2. The average molecular weight is 373 g/mol. The van der Waals surface area contributed by atoms with Crippen molar-refractivity contribution in [2.45, 2.75) is 71.1 Å². The zero-order valence-corrected chi connectivity index (χ0v) is 16.7. The highest BCUT2D eigenvalue weighted by Crippen LogP contribution is 2.39. The van der Waals surface area contributed by atoms with Gasteiger partial charge in [-0.1, -0.05) is 49.6 Å². The molecule has 0 bridgehead atoms. The van der Waals surface area contributed by atoms with Crippen LogP contribution in [0.25, 0.3) is 0 Å². The van der Waals surface area contributed by atoms with Crippen LogP contribution in [0, 0.1) is 11.8 Å². The smallest absolute Gasteiger partial charge is 0.410 e.